The number of nitrogens with one attached hydrogen (secondary N) is 2. The fraction of sp³-hybridized carbons (Fsp3) is 1.00. The van der Waals surface area contributed by atoms with Crippen LogP contribution in [0.2, 0.25) is 0 Å². The lowest BCUT2D eigenvalue weighted by Crippen LogP contribution is -2.21. The predicted molar refractivity (Wildman–Crippen MR) is 57.7 cm³/mol. The summed E-state index contributed by atoms with van der Waals surface area (Å²) in [7, 11) is 0. The molecule has 3 nitrogen and oxygen atoms in total. The van der Waals surface area contributed by atoms with Crippen molar-refractivity contribution in [3.05, 3.63) is 0 Å². The first-order chi connectivity index (χ1) is 5.68. The third kappa shape index (κ3) is 5.20. The van der Waals surface area contributed by atoms with Crippen molar-refractivity contribution in [2.24, 2.45) is 0 Å². The molecule has 5 heteroatoms. The molecule has 0 aromatic heterocycles. The maximum Gasteiger partial charge on any atom is 0.266 e. The summed E-state index contributed by atoms with van der Waals surface area (Å²) in [5.41, 5.74) is 0. The van der Waals surface area contributed by atoms with E-state index in [0.29, 0.717) is 0 Å². The highest BCUT2D eigenvalue weighted by molar-refractivity contribution is 8.56. The monoisotopic (exact) mass is 210 g/mol. The highest BCUT2D eigenvalue weighted by Crippen LogP contribution is 2.48. The fourth-order valence-corrected chi connectivity index (χ4v) is 3.43. The van der Waals surface area contributed by atoms with Crippen molar-refractivity contribution >= 4 is 18.0 Å². The Kier molecular flexibility index (Phi) is 7.25. The molecule has 0 aromatic rings. The van der Waals surface area contributed by atoms with Crippen LogP contribution < -0.4 is 10.2 Å². The molecule has 0 rings (SSSR count). The van der Waals surface area contributed by atoms with Crippen LogP contribution in [-0.4, -0.2) is 19.3 Å². The minimum atomic E-state index is -2.32. The summed E-state index contributed by atoms with van der Waals surface area (Å²) < 4.78 is 11.8. The molecule has 0 heterocycles. The van der Waals surface area contributed by atoms with Crippen LogP contribution in [0.5, 0.6) is 0 Å². The average molecular weight is 210 g/mol. The lowest BCUT2D eigenvalue weighted by Gasteiger charge is -2.17. The molecular weight excluding hydrogens is 191 g/mol. The van der Waals surface area contributed by atoms with E-state index in [0.717, 1.165) is 25.9 Å². The van der Waals surface area contributed by atoms with Crippen LogP contribution in [0.3, 0.4) is 0 Å². The molecule has 0 radical (unpaired) electrons. The van der Waals surface area contributed by atoms with Gasteiger partial charge in [-0.05, 0) is 19.1 Å². The lowest BCUT2D eigenvalue weighted by atomic mass is 10.5. The van der Waals surface area contributed by atoms with Crippen molar-refractivity contribution in [3.8, 4) is 0 Å². The van der Waals surface area contributed by atoms with E-state index in [1.165, 1.54) is 11.4 Å². The van der Waals surface area contributed by atoms with Gasteiger partial charge in [0.15, 0.2) is 0 Å². The Balaban J connectivity index is 3.79. The zero-order valence-corrected chi connectivity index (χ0v) is 9.80. The number of hydrogen-bond donors (Lipinski definition) is 2. The van der Waals surface area contributed by atoms with Crippen LogP contribution in [0.4, 0.5) is 0 Å². The minimum Gasteiger partial charge on any atom is -0.277 e. The van der Waals surface area contributed by atoms with Crippen molar-refractivity contribution < 1.29 is 4.57 Å². The molecule has 0 spiro atoms. The van der Waals surface area contributed by atoms with Gasteiger partial charge in [0.1, 0.15) is 0 Å². The molecule has 0 aliphatic carbocycles. The zero-order chi connectivity index (χ0) is 9.45. The van der Waals surface area contributed by atoms with Gasteiger partial charge in [-0.2, -0.15) is 0 Å². The van der Waals surface area contributed by atoms with Gasteiger partial charge in [-0.3, -0.25) is 4.57 Å². The van der Waals surface area contributed by atoms with E-state index < -0.39 is 6.65 Å². The molecule has 0 bridgehead atoms. The molecule has 0 unspecified atom stereocenters. The van der Waals surface area contributed by atoms with Gasteiger partial charge in [-0.15, -0.1) is 0 Å². The van der Waals surface area contributed by atoms with E-state index >= 15 is 0 Å². The van der Waals surface area contributed by atoms with Crippen molar-refractivity contribution in [1.29, 1.82) is 0 Å². The summed E-state index contributed by atoms with van der Waals surface area (Å²) in [6.45, 7) is 3.45. The Morgan fingerprint density at radius 3 is 1.83 bits per heavy atom. The van der Waals surface area contributed by atoms with Gasteiger partial charge in [-0.1, -0.05) is 25.2 Å². The van der Waals surface area contributed by atoms with E-state index in [2.05, 4.69) is 24.0 Å². The SMILES string of the molecule is CCCNP(=O)(NCCC)SC. The summed E-state index contributed by atoms with van der Waals surface area (Å²) in [6, 6.07) is 0. The Bertz CT molecular complexity index is 142. The molecule has 0 fully saturated rings. The van der Waals surface area contributed by atoms with Gasteiger partial charge in [-0.25, -0.2) is 10.2 Å². The average Bonchev–Trinajstić information content (AvgIpc) is 2.11. The van der Waals surface area contributed by atoms with E-state index in [-0.39, 0.29) is 0 Å². The Hall–Kier alpha value is 0.500. The smallest absolute Gasteiger partial charge is 0.266 e. The first-order valence-corrected chi connectivity index (χ1v) is 7.88. The third-order valence-corrected chi connectivity index (χ3v) is 5.51. The minimum absolute atomic E-state index is 0.814. The Labute approximate surface area is 79.3 Å². The lowest BCUT2D eigenvalue weighted by molar-refractivity contribution is 0.564. The van der Waals surface area contributed by atoms with Gasteiger partial charge in [0.2, 0.25) is 0 Å². The molecule has 2 N–H and O–H groups in total. The van der Waals surface area contributed by atoms with Crippen LogP contribution in [0, 0.1) is 0 Å². The van der Waals surface area contributed by atoms with Crippen molar-refractivity contribution in [2.75, 3.05) is 19.3 Å². The third-order valence-electron chi connectivity index (χ3n) is 1.40. The van der Waals surface area contributed by atoms with E-state index in [1.807, 2.05) is 6.26 Å². The Morgan fingerprint density at radius 1 is 1.17 bits per heavy atom. The molecule has 12 heavy (non-hydrogen) atoms. The van der Waals surface area contributed by atoms with Gasteiger partial charge >= 0.3 is 0 Å². The maximum absolute atomic E-state index is 11.8. The van der Waals surface area contributed by atoms with Crippen LogP contribution in [0.25, 0.3) is 0 Å². The number of hydrogen-bond acceptors (Lipinski definition) is 2. The molecule has 74 valence electrons. The molecule has 0 aliphatic heterocycles. The van der Waals surface area contributed by atoms with Crippen molar-refractivity contribution in [2.45, 2.75) is 26.7 Å². The summed E-state index contributed by atoms with van der Waals surface area (Å²) in [5, 5.41) is 6.08. The maximum atomic E-state index is 11.8. The highest BCUT2D eigenvalue weighted by atomic mass is 32.7. The second-order valence-corrected chi connectivity index (χ2v) is 7.29. The molecule has 0 amide bonds. The number of rotatable bonds is 7. The molecular formula is C7H19N2OPS. The van der Waals surface area contributed by atoms with Gasteiger partial charge in [0, 0.05) is 13.1 Å². The molecule has 0 saturated heterocycles. The van der Waals surface area contributed by atoms with E-state index in [4.69, 9.17) is 0 Å². The molecule has 0 aromatic carbocycles. The first kappa shape index (κ1) is 12.5. The zero-order valence-electron chi connectivity index (χ0n) is 8.09. The van der Waals surface area contributed by atoms with E-state index in [1.54, 1.807) is 0 Å². The second kappa shape index (κ2) is 6.96. The summed E-state index contributed by atoms with van der Waals surface area (Å²) in [4.78, 5) is 0. The van der Waals surface area contributed by atoms with Crippen LogP contribution >= 0.6 is 18.0 Å². The fourth-order valence-electron chi connectivity index (χ4n) is 0.703. The standard InChI is InChI=1S/C7H19N2OPS/c1-4-6-8-11(10,12-3)9-7-5-2/h4-7H2,1-3H3,(H2,8,9,10). The van der Waals surface area contributed by atoms with Crippen LogP contribution in [0.1, 0.15) is 26.7 Å². The molecule has 0 aliphatic rings. The topological polar surface area (TPSA) is 41.1 Å². The van der Waals surface area contributed by atoms with Crippen LogP contribution in [-0.2, 0) is 4.57 Å². The quantitative estimate of drug-likeness (QED) is 0.633. The van der Waals surface area contributed by atoms with Crippen molar-refractivity contribution in [1.82, 2.24) is 10.2 Å². The normalized spacial score (nSPS) is 11.9. The van der Waals surface area contributed by atoms with E-state index in [9.17, 15) is 4.57 Å². The van der Waals surface area contributed by atoms with Gasteiger partial charge in [0.25, 0.3) is 6.65 Å². The second-order valence-electron chi connectivity index (χ2n) is 2.55. The molecule has 0 atom stereocenters. The molecule has 0 saturated carbocycles. The summed E-state index contributed by atoms with van der Waals surface area (Å²) in [5.74, 6) is 0. The largest absolute Gasteiger partial charge is 0.277 e. The predicted octanol–water partition coefficient (Wildman–Crippen LogP) is 2.46. The first-order valence-electron chi connectivity index (χ1n) is 4.34. The van der Waals surface area contributed by atoms with Gasteiger partial charge in [0.05, 0.1) is 0 Å². The van der Waals surface area contributed by atoms with Crippen molar-refractivity contribution in [3.63, 3.8) is 0 Å². The Morgan fingerprint density at radius 2 is 1.58 bits per heavy atom. The highest BCUT2D eigenvalue weighted by Gasteiger charge is 2.17. The van der Waals surface area contributed by atoms with Crippen LogP contribution in [0.15, 0.2) is 0 Å². The summed E-state index contributed by atoms with van der Waals surface area (Å²) in [6.07, 6.45) is 3.89. The van der Waals surface area contributed by atoms with Gasteiger partial charge < -0.3 is 0 Å². The summed E-state index contributed by atoms with van der Waals surface area (Å²) >= 11 is 1.39.